The Labute approximate surface area is 212 Å². The van der Waals surface area contributed by atoms with Crippen LogP contribution in [0.4, 0.5) is 19.0 Å². The molecule has 1 aromatic heterocycles. The summed E-state index contributed by atoms with van der Waals surface area (Å²) in [6.07, 6.45) is 0.428. The highest BCUT2D eigenvalue weighted by molar-refractivity contribution is 7.91. The average molecular weight is 539 g/mol. The van der Waals surface area contributed by atoms with Crippen LogP contribution in [0.5, 0.6) is 0 Å². The monoisotopic (exact) mass is 538 g/mol. The molecular weight excluding hydrogens is 509 g/mol. The predicted molar refractivity (Wildman–Crippen MR) is 130 cm³/mol. The van der Waals surface area contributed by atoms with Gasteiger partial charge in [0.2, 0.25) is 5.91 Å². The average Bonchev–Trinajstić information content (AvgIpc) is 3.47. The lowest BCUT2D eigenvalue weighted by atomic mass is 9.82. The third kappa shape index (κ3) is 5.68. The first-order valence-electron chi connectivity index (χ1n) is 12.4. The van der Waals surface area contributed by atoms with Crippen molar-refractivity contribution in [3.63, 3.8) is 0 Å². The first kappa shape index (κ1) is 25.7. The fourth-order valence-corrected chi connectivity index (χ4v) is 6.00. The number of alkyl halides is 3. The van der Waals surface area contributed by atoms with Gasteiger partial charge in [0.25, 0.3) is 5.91 Å². The summed E-state index contributed by atoms with van der Waals surface area (Å²) < 4.78 is 62.8. The van der Waals surface area contributed by atoms with Crippen molar-refractivity contribution < 1.29 is 31.2 Å². The standard InChI is InChI=1S/C25H29F3N4O4S/c1-37(35,36)14-20(33)29-22-21-19(31-32(22)11-8-15-2-3-15)13-24(30-23(21)34)9-7-17-12-16(4-5-18(17)24)6-10-25(26,27)28/h4-5,12,15H,2-3,6-11,13-14H2,1H3,(H,29,33)(H,30,34)/t24-/m0/s1. The molecule has 1 atom stereocenters. The normalized spacial score (nSPS) is 21.0. The Bertz CT molecular complexity index is 1360. The molecule has 0 bridgehead atoms. The van der Waals surface area contributed by atoms with E-state index in [-0.39, 0.29) is 17.8 Å². The lowest BCUT2D eigenvalue weighted by Crippen LogP contribution is -2.50. The zero-order valence-electron chi connectivity index (χ0n) is 20.5. The first-order chi connectivity index (χ1) is 17.3. The van der Waals surface area contributed by atoms with E-state index in [1.54, 1.807) is 22.9 Å². The molecule has 2 aliphatic carbocycles. The molecule has 12 heteroatoms. The van der Waals surface area contributed by atoms with Gasteiger partial charge in [-0.3, -0.25) is 9.59 Å². The summed E-state index contributed by atoms with van der Waals surface area (Å²) in [5.41, 5.74) is 2.42. The summed E-state index contributed by atoms with van der Waals surface area (Å²) >= 11 is 0. The molecule has 0 saturated heterocycles. The maximum Gasteiger partial charge on any atom is 0.389 e. The van der Waals surface area contributed by atoms with Crippen molar-refractivity contribution in [1.82, 2.24) is 15.1 Å². The SMILES string of the molecule is CS(=O)(=O)CC(=O)Nc1c2c(nn1CCC1CC1)C[C@]1(CCc3cc(CCC(F)(F)F)ccc31)NC2=O. The Balaban J connectivity index is 1.43. The van der Waals surface area contributed by atoms with E-state index in [0.29, 0.717) is 43.0 Å². The minimum absolute atomic E-state index is 0.0950. The molecule has 0 radical (unpaired) electrons. The van der Waals surface area contributed by atoms with Crippen LogP contribution in [-0.4, -0.2) is 48.2 Å². The summed E-state index contributed by atoms with van der Waals surface area (Å²) in [6, 6.07) is 5.28. The van der Waals surface area contributed by atoms with E-state index in [1.807, 2.05) is 0 Å². The zero-order valence-corrected chi connectivity index (χ0v) is 21.3. The molecular formula is C25H29F3N4O4S. The molecule has 3 aliphatic rings. The molecule has 8 nitrogen and oxygen atoms in total. The molecule has 2 aromatic rings. The molecule has 2 N–H and O–H groups in total. The number of aromatic nitrogens is 2. The van der Waals surface area contributed by atoms with Crippen molar-refractivity contribution in [1.29, 1.82) is 0 Å². The Morgan fingerprint density at radius 1 is 1.30 bits per heavy atom. The zero-order chi connectivity index (χ0) is 26.6. The third-order valence-corrected chi connectivity index (χ3v) is 8.16. The van der Waals surface area contributed by atoms with Gasteiger partial charge >= 0.3 is 6.18 Å². The maximum absolute atomic E-state index is 13.4. The van der Waals surface area contributed by atoms with Gasteiger partial charge in [-0.05, 0) is 48.3 Å². The summed E-state index contributed by atoms with van der Waals surface area (Å²) in [6.45, 7) is 0.492. The molecule has 37 heavy (non-hydrogen) atoms. The van der Waals surface area contributed by atoms with Crippen LogP contribution in [0.25, 0.3) is 0 Å². The predicted octanol–water partition coefficient (Wildman–Crippen LogP) is 3.29. The van der Waals surface area contributed by atoms with Crippen LogP contribution in [0.3, 0.4) is 0 Å². The first-order valence-corrected chi connectivity index (χ1v) is 14.5. The lowest BCUT2D eigenvalue weighted by Gasteiger charge is -2.35. The van der Waals surface area contributed by atoms with Crippen LogP contribution in [0.1, 0.15) is 64.8 Å². The quantitative estimate of drug-likeness (QED) is 0.536. The van der Waals surface area contributed by atoms with Crippen LogP contribution in [0.15, 0.2) is 18.2 Å². The number of carbonyl (C=O) groups excluding carboxylic acids is 2. The summed E-state index contributed by atoms with van der Waals surface area (Å²) in [4.78, 5) is 25.9. The number of nitrogens with zero attached hydrogens (tertiary/aromatic N) is 2. The number of halogens is 3. The third-order valence-electron chi connectivity index (χ3n) is 7.37. The summed E-state index contributed by atoms with van der Waals surface area (Å²) in [5, 5.41) is 10.4. The summed E-state index contributed by atoms with van der Waals surface area (Å²) in [5.74, 6) is -1.07. The molecule has 1 aromatic carbocycles. The van der Waals surface area contributed by atoms with Crippen molar-refractivity contribution in [2.45, 2.75) is 69.6 Å². The second-order valence-electron chi connectivity index (χ2n) is 10.6. The number of amides is 2. The molecule has 1 spiro atoms. The van der Waals surface area contributed by atoms with E-state index in [9.17, 15) is 31.2 Å². The fraction of sp³-hybridized carbons (Fsp3) is 0.560. The van der Waals surface area contributed by atoms with Gasteiger partial charge in [0.05, 0.1) is 11.2 Å². The molecule has 0 unspecified atom stereocenters. The van der Waals surface area contributed by atoms with Crippen molar-refractivity contribution in [3.8, 4) is 0 Å². The molecule has 1 fully saturated rings. The number of hydrogen-bond acceptors (Lipinski definition) is 5. The second-order valence-corrected chi connectivity index (χ2v) is 12.7. The van der Waals surface area contributed by atoms with Crippen LogP contribution >= 0.6 is 0 Å². The largest absolute Gasteiger partial charge is 0.389 e. The molecule has 200 valence electrons. The van der Waals surface area contributed by atoms with Crippen LogP contribution in [0.2, 0.25) is 0 Å². The van der Waals surface area contributed by atoms with Gasteiger partial charge in [-0.25, -0.2) is 13.1 Å². The van der Waals surface area contributed by atoms with Crippen molar-refractivity contribution in [2.24, 2.45) is 5.92 Å². The van der Waals surface area contributed by atoms with Crippen molar-refractivity contribution in [3.05, 3.63) is 46.1 Å². The minimum atomic E-state index is -4.22. The molecule has 2 amide bonds. The molecule has 2 heterocycles. The Morgan fingerprint density at radius 3 is 2.73 bits per heavy atom. The van der Waals surface area contributed by atoms with Gasteiger partial charge < -0.3 is 10.6 Å². The minimum Gasteiger partial charge on any atom is -0.342 e. The van der Waals surface area contributed by atoms with Crippen LogP contribution < -0.4 is 10.6 Å². The van der Waals surface area contributed by atoms with E-state index >= 15 is 0 Å². The Kier molecular flexibility index (Phi) is 6.36. The highest BCUT2D eigenvalue weighted by Crippen LogP contribution is 2.44. The number of aryl methyl sites for hydroxylation is 3. The fourth-order valence-electron chi connectivity index (χ4n) is 5.45. The highest BCUT2D eigenvalue weighted by Gasteiger charge is 2.46. The highest BCUT2D eigenvalue weighted by atomic mass is 32.2. The lowest BCUT2D eigenvalue weighted by molar-refractivity contribution is -0.134. The van der Waals surface area contributed by atoms with E-state index < -0.39 is 45.5 Å². The Hall–Kier alpha value is -2.89. The molecule has 1 aliphatic heterocycles. The molecule has 1 saturated carbocycles. The number of hydrogen-bond donors (Lipinski definition) is 2. The van der Waals surface area contributed by atoms with Gasteiger partial charge in [-0.1, -0.05) is 31.0 Å². The van der Waals surface area contributed by atoms with Crippen LogP contribution in [0, 0.1) is 5.92 Å². The van der Waals surface area contributed by atoms with Crippen molar-refractivity contribution in [2.75, 3.05) is 17.3 Å². The number of rotatable bonds is 8. The number of sulfone groups is 1. The van der Waals surface area contributed by atoms with E-state index in [1.165, 1.54) is 0 Å². The van der Waals surface area contributed by atoms with E-state index in [2.05, 4.69) is 15.7 Å². The number of anilines is 1. The smallest absolute Gasteiger partial charge is 0.342 e. The van der Waals surface area contributed by atoms with Gasteiger partial charge in [-0.15, -0.1) is 0 Å². The van der Waals surface area contributed by atoms with Crippen molar-refractivity contribution >= 4 is 27.5 Å². The number of fused-ring (bicyclic) bond motifs is 3. The maximum atomic E-state index is 13.4. The number of benzene rings is 1. The second kappa shape index (κ2) is 9.14. The number of carbonyl (C=O) groups is 2. The topological polar surface area (TPSA) is 110 Å². The number of nitrogens with one attached hydrogen (secondary N) is 2. The van der Waals surface area contributed by atoms with Gasteiger partial charge in [-0.2, -0.15) is 18.3 Å². The molecule has 5 rings (SSSR count). The van der Waals surface area contributed by atoms with Gasteiger partial charge in [0.15, 0.2) is 9.84 Å². The van der Waals surface area contributed by atoms with E-state index in [4.69, 9.17) is 0 Å². The van der Waals surface area contributed by atoms with E-state index in [0.717, 1.165) is 36.6 Å². The van der Waals surface area contributed by atoms with Gasteiger partial charge in [0.1, 0.15) is 17.1 Å². The van der Waals surface area contributed by atoms with Gasteiger partial charge in [0, 0.05) is 25.6 Å². The Morgan fingerprint density at radius 2 is 2.05 bits per heavy atom. The van der Waals surface area contributed by atoms with Crippen LogP contribution in [-0.2, 0) is 46.0 Å². The summed E-state index contributed by atoms with van der Waals surface area (Å²) in [7, 11) is -3.56.